The summed E-state index contributed by atoms with van der Waals surface area (Å²) in [6.07, 6.45) is 2.04. The molecular weight excluding hydrogens is 240 g/mol. The molecule has 0 saturated carbocycles. The molecule has 19 heavy (non-hydrogen) atoms. The molecule has 0 aliphatic carbocycles. The number of fused-ring (bicyclic) bond motifs is 3. The molecule has 0 radical (unpaired) electrons. The van der Waals surface area contributed by atoms with Crippen molar-refractivity contribution in [2.75, 3.05) is 0 Å². The van der Waals surface area contributed by atoms with Crippen LogP contribution >= 0.6 is 0 Å². The van der Waals surface area contributed by atoms with Gasteiger partial charge in [0.05, 0.1) is 5.52 Å². The van der Waals surface area contributed by atoms with E-state index in [9.17, 15) is 4.79 Å². The van der Waals surface area contributed by atoms with Crippen molar-refractivity contribution in [3.05, 3.63) is 34.6 Å². The molecule has 98 valence electrons. The average Bonchev–Trinajstić information content (AvgIpc) is 2.81. The lowest BCUT2D eigenvalue weighted by Crippen LogP contribution is -2.21. The van der Waals surface area contributed by atoms with E-state index >= 15 is 0 Å². The lowest BCUT2D eigenvalue weighted by atomic mass is 10.1. The Balaban J connectivity index is 2.46. The predicted octanol–water partition coefficient (Wildman–Crippen LogP) is 2.08. The van der Waals surface area contributed by atoms with Crippen LogP contribution < -0.4 is 5.56 Å². The second-order valence-corrected chi connectivity index (χ2v) is 4.74. The minimum Gasteiger partial charge on any atom is -0.306 e. The molecule has 2 aromatic heterocycles. The Morgan fingerprint density at radius 3 is 2.84 bits per heavy atom. The molecule has 0 unspecified atom stereocenters. The Labute approximate surface area is 110 Å². The first-order valence-corrected chi connectivity index (χ1v) is 6.55. The number of rotatable bonds is 3. The van der Waals surface area contributed by atoms with Crippen LogP contribution in [-0.4, -0.2) is 19.6 Å². The van der Waals surface area contributed by atoms with Crippen LogP contribution in [0.2, 0.25) is 0 Å². The molecule has 2 heterocycles. The number of aromatic nitrogens is 4. The van der Waals surface area contributed by atoms with Crippen LogP contribution in [-0.2, 0) is 13.6 Å². The molecule has 5 heteroatoms. The average molecular weight is 256 g/mol. The van der Waals surface area contributed by atoms with E-state index in [-0.39, 0.29) is 5.56 Å². The quantitative estimate of drug-likeness (QED) is 0.721. The van der Waals surface area contributed by atoms with Crippen LogP contribution in [0.4, 0.5) is 0 Å². The Bertz CT molecular complexity index is 800. The number of hydrogen-bond acceptors (Lipinski definition) is 3. The van der Waals surface area contributed by atoms with Gasteiger partial charge in [-0.1, -0.05) is 36.8 Å². The standard InChI is InChI=1S/C14H16N4O/c1-3-4-9-18-11-8-6-5-7-10(11)13-12(14(18)19)15-16-17(13)2/h5-8H,3-4,9H2,1-2H3. The molecule has 3 rings (SSSR count). The van der Waals surface area contributed by atoms with Crippen molar-refractivity contribution in [1.82, 2.24) is 19.6 Å². The molecule has 0 saturated heterocycles. The van der Waals surface area contributed by atoms with Crippen LogP contribution in [0.15, 0.2) is 29.1 Å². The van der Waals surface area contributed by atoms with Gasteiger partial charge in [-0.05, 0) is 12.5 Å². The molecule has 0 amide bonds. The van der Waals surface area contributed by atoms with Gasteiger partial charge in [0, 0.05) is 19.0 Å². The SMILES string of the molecule is CCCCn1c(=O)c2nnn(C)c2c2ccccc21. The van der Waals surface area contributed by atoms with Crippen molar-refractivity contribution in [2.45, 2.75) is 26.3 Å². The smallest absolute Gasteiger partial charge is 0.281 e. The number of para-hydroxylation sites is 1. The summed E-state index contributed by atoms with van der Waals surface area (Å²) in [5.41, 5.74) is 2.18. The van der Waals surface area contributed by atoms with Crippen LogP contribution in [0, 0.1) is 0 Å². The van der Waals surface area contributed by atoms with Gasteiger partial charge in [0.25, 0.3) is 5.56 Å². The Morgan fingerprint density at radius 2 is 2.05 bits per heavy atom. The Morgan fingerprint density at radius 1 is 1.26 bits per heavy atom. The van der Waals surface area contributed by atoms with Gasteiger partial charge in [-0.25, -0.2) is 4.68 Å². The molecule has 0 spiro atoms. The number of aryl methyl sites for hydroxylation is 2. The van der Waals surface area contributed by atoms with Crippen LogP contribution in [0.1, 0.15) is 19.8 Å². The molecule has 5 nitrogen and oxygen atoms in total. The summed E-state index contributed by atoms with van der Waals surface area (Å²) in [4.78, 5) is 12.5. The zero-order valence-corrected chi connectivity index (χ0v) is 11.1. The molecule has 0 fully saturated rings. The van der Waals surface area contributed by atoms with Gasteiger partial charge in [-0.2, -0.15) is 0 Å². The number of unbranched alkanes of at least 4 members (excludes halogenated alkanes) is 1. The van der Waals surface area contributed by atoms with Crippen molar-refractivity contribution in [3.63, 3.8) is 0 Å². The molecule has 0 aliphatic rings. The molecule has 0 bridgehead atoms. The van der Waals surface area contributed by atoms with Crippen LogP contribution in [0.25, 0.3) is 21.9 Å². The van der Waals surface area contributed by atoms with Gasteiger partial charge >= 0.3 is 0 Å². The van der Waals surface area contributed by atoms with E-state index in [0.717, 1.165) is 35.8 Å². The first kappa shape index (κ1) is 11.9. The fraction of sp³-hybridized carbons (Fsp3) is 0.357. The highest BCUT2D eigenvalue weighted by Crippen LogP contribution is 2.20. The summed E-state index contributed by atoms with van der Waals surface area (Å²) in [5.74, 6) is 0. The van der Waals surface area contributed by atoms with E-state index in [1.165, 1.54) is 0 Å². The fourth-order valence-electron chi connectivity index (χ4n) is 2.49. The maximum atomic E-state index is 12.5. The largest absolute Gasteiger partial charge is 0.306 e. The summed E-state index contributed by atoms with van der Waals surface area (Å²) >= 11 is 0. The summed E-state index contributed by atoms with van der Waals surface area (Å²) in [7, 11) is 1.82. The van der Waals surface area contributed by atoms with Gasteiger partial charge in [0.1, 0.15) is 5.52 Å². The maximum absolute atomic E-state index is 12.5. The summed E-state index contributed by atoms with van der Waals surface area (Å²) in [6, 6.07) is 7.94. The van der Waals surface area contributed by atoms with Gasteiger partial charge < -0.3 is 4.57 Å². The van der Waals surface area contributed by atoms with Gasteiger partial charge in [0.15, 0.2) is 5.52 Å². The predicted molar refractivity (Wildman–Crippen MR) is 75.2 cm³/mol. The third-order valence-electron chi connectivity index (χ3n) is 3.46. The maximum Gasteiger partial charge on any atom is 0.281 e. The lowest BCUT2D eigenvalue weighted by molar-refractivity contribution is 0.634. The number of benzene rings is 1. The minimum atomic E-state index is -0.0461. The van der Waals surface area contributed by atoms with Crippen molar-refractivity contribution < 1.29 is 0 Å². The highest BCUT2D eigenvalue weighted by atomic mass is 16.1. The van der Waals surface area contributed by atoms with E-state index in [4.69, 9.17) is 0 Å². The third kappa shape index (κ3) is 1.73. The highest BCUT2D eigenvalue weighted by molar-refractivity contribution is 6.01. The van der Waals surface area contributed by atoms with Crippen molar-refractivity contribution in [2.24, 2.45) is 7.05 Å². The van der Waals surface area contributed by atoms with Gasteiger partial charge in [0.2, 0.25) is 0 Å². The number of nitrogens with zero attached hydrogens (tertiary/aromatic N) is 4. The van der Waals surface area contributed by atoms with E-state index in [1.807, 2.05) is 35.9 Å². The Kier molecular flexibility index (Phi) is 2.81. The molecule has 1 aromatic carbocycles. The van der Waals surface area contributed by atoms with E-state index < -0.39 is 0 Å². The monoisotopic (exact) mass is 256 g/mol. The summed E-state index contributed by atoms with van der Waals surface area (Å²) in [6.45, 7) is 2.84. The van der Waals surface area contributed by atoms with Crippen molar-refractivity contribution >= 4 is 21.9 Å². The first-order valence-electron chi connectivity index (χ1n) is 6.55. The zero-order valence-electron chi connectivity index (χ0n) is 11.1. The lowest BCUT2D eigenvalue weighted by Gasteiger charge is -2.10. The van der Waals surface area contributed by atoms with E-state index in [0.29, 0.717) is 5.52 Å². The Hall–Kier alpha value is -2.17. The molecule has 3 aromatic rings. The van der Waals surface area contributed by atoms with Crippen molar-refractivity contribution in [3.8, 4) is 0 Å². The molecule has 0 aliphatic heterocycles. The summed E-state index contributed by atoms with van der Waals surface area (Å²) in [5, 5.41) is 9.03. The highest BCUT2D eigenvalue weighted by Gasteiger charge is 2.14. The van der Waals surface area contributed by atoms with Crippen LogP contribution in [0.3, 0.4) is 0 Å². The van der Waals surface area contributed by atoms with Crippen LogP contribution in [0.5, 0.6) is 0 Å². The van der Waals surface area contributed by atoms with Gasteiger partial charge in [-0.15, -0.1) is 5.10 Å². The second kappa shape index (κ2) is 4.50. The van der Waals surface area contributed by atoms with Gasteiger partial charge in [-0.3, -0.25) is 4.79 Å². The molecule has 0 atom stereocenters. The van der Waals surface area contributed by atoms with Crippen molar-refractivity contribution in [1.29, 1.82) is 0 Å². The normalized spacial score (nSPS) is 11.5. The zero-order chi connectivity index (χ0) is 13.4. The van der Waals surface area contributed by atoms with E-state index in [1.54, 1.807) is 4.68 Å². The van der Waals surface area contributed by atoms with E-state index in [2.05, 4.69) is 17.2 Å². The third-order valence-corrected chi connectivity index (χ3v) is 3.46. The summed E-state index contributed by atoms with van der Waals surface area (Å²) < 4.78 is 3.49. The topological polar surface area (TPSA) is 52.7 Å². The number of pyridine rings is 1. The number of hydrogen-bond donors (Lipinski definition) is 0. The fourth-order valence-corrected chi connectivity index (χ4v) is 2.49. The minimum absolute atomic E-state index is 0.0461. The first-order chi connectivity index (χ1) is 9.24. The molecule has 0 N–H and O–H groups in total. The second-order valence-electron chi connectivity index (χ2n) is 4.74. The molecular formula is C14H16N4O.